The molecule has 2 rings (SSSR count). The molecule has 0 aromatic carbocycles. The number of nitrogens with two attached hydrogens (primary N) is 1. The fourth-order valence-corrected chi connectivity index (χ4v) is 2.14. The number of carbonyl (C=O) groups excluding carboxylic acids is 1. The summed E-state index contributed by atoms with van der Waals surface area (Å²) in [5, 5.41) is 0. The van der Waals surface area contributed by atoms with Gasteiger partial charge in [0.15, 0.2) is 0 Å². The zero-order valence-corrected chi connectivity index (χ0v) is 9.32. The molecule has 2 saturated heterocycles. The Kier molecular flexibility index (Phi) is 2.35. The number of amides is 1. The molecule has 4 nitrogen and oxygen atoms in total. The van der Waals surface area contributed by atoms with E-state index in [2.05, 4.69) is 18.7 Å². The number of ether oxygens (including phenoxy) is 1. The Morgan fingerprint density at radius 3 is 2.47 bits per heavy atom. The monoisotopic (exact) mass is 210 g/mol. The molecule has 2 heterocycles. The summed E-state index contributed by atoms with van der Waals surface area (Å²) in [5.74, 6) is -0.384. The Bertz CT molecular complexity index is 298. The predicted molar refractivity (Wildman–Crippen MR) is 57.2 cm³/mol. The summed E-state index contributed by atoms with van der Waals surface area (Å²) in [5.41, 5.74) is 5.41. The lowest BCUT2D eigenvalue weighted by molar-refractivity contribution is -0.203. The van der Waals surface area contributed by atoms with E-state index < -0.39 is 0 Å². The quantitative estimate of drug-likeness (QED) is 0.674. The maximum atomic E-state index is 10.7. The first kappa shape index (κ1) is 10.6. The van der Waals surface area contributed by atoms with Crippen molar-refractivity contribution < 1.29 is 9.53 Å². The maximum absolute atomic E-state index is 10.7. The van der Waals surface area contributed by atoms with Crippen LogP contribution in [0.1, 0.15) is 13.8 Å². The molecule has 0 atom stereocenters. The number of carbonyl (C=O) groups is 1. The largest absolute Gasteiger partial charge is 0.380 e. The molecule has 0 aromatic heterocycles. The smallest absolute Gasteiger partial charge is 0.241 e. The van der Waals surface area contributed by atoms with E-state index in [-0.39, 0.29) is 11.4 Å². The Labute approximate surface area is 90.1 Å². The number of rotatable bonds is 3. The fraction of sp³-hybridized carbons (Fsp3) is 0.727. The van der Waals surface area contributed by atoms with Gasteiger partial charge in [0, 0.05) is 30.1 Å². The van der Waals surface area contributed by atoms with E-state index in [1.807, 2.05) is 6.08 Å². The van der Waals surface area contributed by atoms with Crippen LogP contribution in [0.25, 0.3) is 0 Å². The van der Waals surface area contributed by atoms with Crippen molar-refractivity contribution in [2.24, 2.45) is 11.1 Å². The maximum Gasteiger partial charge on any atom is 0.241 e. The van der Waals surface area contributed by atoms with Gasteiger partial charge in [-0.05, 0) is 13.8 Å². The van der Waals surface area contributed by atoms with E-state index in [0.29, 0.717) is 5.41 Å². The lowest BCUT2D eigenvalue weighted by Gasteiger charge is -2.59. The van der Waals surface area contributed by atoms with Crippen molar-refractivity contribution in [3.63, 3.8) is 0 Å². The molecule has 0 unspecified atom stereocenters. The van der Waals surface area contributed by atoms with Crippen LogP contribution in [0.15, 0.2) is 12.2 Å². The normalized spacial score (nSPS) is 25.2. The predicted octanol–water partition coefficient (Wildman–Crippen LogP) is 0.139. The van der Waals surface area contributed by atoms with Gasteiger partial charge in [-0.15, -0.1) is 0 Å². The molecule has 15 heavy (non-hydrogen) atoms. The topological polar surface area (TPSA) is 55.6 Å². The summed E-state index contributed by atoms with van der Waals surface area (Å²) in [6.45, 7) is 8.09. The highest BCUT2D eigenvalue weighted by Crippen LogP contribution is 2.41. The third-order valence-corrected chi connectivity index (χ3v) is 3.34. The number of nitrogens with zero attached hydrogens (tertiary/aromatic N) is 1. The molecular formula is C11H18N2O2. The summed E-state index contributed by atoms with van der Waals surface area (Å²) in [6.07, 6.45) is 3.32. The van der Waals surface area contributed by atoms with Gasteiger partial charge in [0.1, 0.15) is 0 Å². The summed E-state index contributed by atoms with van der Waals surface area (Å²) in [7, 11) is 0. The van der Waals surface area contributed by atoms with Gasteiger partial charge in [-0.2, -0.15) is 0 Å². The summed E-state index contributed by atoms with van der Waals surface area (Å²) < 4.78 is 5.22. The number of hydrogen-bond donors (Lipinski definition) is 1. The van der Waals surface area contributed by atoms with Gasteiger partial charge < -0.3 is 10.5 Å². The highest BCUT2D eigenvalue weighted by atomic mass is 16.5. The molecule has 4 heteroatoms. The van der Waals surface area contributed by atoms with Crippen molar-refractivity contribution in [3.05, 3.63) is 12.2 Å². The van der Waals surface area contributed by atoms with Gasteiger partial charge in [-0.25, -0.2) is 0 Å². The molecule has 2 N–H and O–H groups in total. The van der Waals surface area contributed by atoms with Crippen molar-refractivity contribution in [2.75, 3.05) is 26.3 Å². The van der Waals surface area contributed by atoms with Crippen LogP contribution in [0.5, 0.6) is 0 Å². The lowest BCUT2D eigenvalue weighted by atomic mass is 9.75. The standard InChI is InChI=1S/C11H18N2O2/c1-10(2,4-3-9(12)14)13-5-11(6-13)7-15-8-11/h3-4H,5-8H2,1-2H3,(H2,12,14)/b4-3+. The molecule has 0 bridgehead atoms. The average molecular weight is 210 g/mol. The van der Waals surface area contributed by atoms with Crippen molar-refractivity contribution in [2.45, 2.75) is 19.4 Å². The van der Waals surface area contributed by atoms with Crippen LogP contribution in [-0.4, -0.2) is 42.6 Å². The van der Waals surface area contributed by atoms with Crippen LogP contribution in [0.3, 0.4) is 0 Å². The lowest BCUT2D eigenvalue weighted by Crippen LogP contribution is -2.70. The fourth-order valence-electron chi connectivity index (χ4n) is 2.14. The number of primary amides is 1. The first-order valence-corrected chi connectivity index (χ1v) is 5.25. The Morgan fingerprint density at radius 1 is 1.47 bits per heavy atom. The van der Waals surface area contributed by atoms with Crippen LogP contribution in [0.2, 0.25) is 0 Å². The molecule has 1 spiro atoms. The second kappa shape index (κ2) is 3.32. The third kappa shape index (κ3) is 1.92. The first-order chi connectivity index (χ1) is 6.94. The SMILES string of the molecule is CC(C)(/C=C/C(N)=O)N1CC2(COC2)C1. The highest BCUT2D eigenvalue weighted by Gasteiger charge is 2.52. The first-order valence-electron chi connectivity index (χ1n) is 5.25. The van der Waals surface area contributed by atoms with Crippen molar-refractivity contribution in [3.8, 4) is 0 Å². The molecule has 2 aliphatic rings. The van der Waals surface area contributed by atoms with E-state index in [0.717, 1.165) is 26.3 Å². The van der Waals surface area contributed by atoms with Gasteiger partial charge in [0.2, 0.25) is 5.91 Å². The Morgan fingerprint density at radius 2 is 2.07 bits per heavy atom. The van der Waals surface area contributed by atoms with E-state index >= 15 is 0 Å². The number of hydrogen-bond acceptors (Lipinski definition) is 3. The van der Waals surface area contributed by atoms with E-state index in [4.69, 9.17) is 10.5 Å². The minimum atomic E-state index is -0.384. The second-order valence-electron chi connectivity index (χ2n) is 5.24. The van der Waals surface area contributed by atoms with Gasteiger partial charge in [-0.1, -0.05) is 6.08 Å². The molecular weight excluding hydrogens is 192 g/mol. The second-order valence-corrected chi connectivity index (χ2v) is 5.24. The van der Waals surface area contributed by atoms with Gasteiger partial charge in [0.05, 0.1) is 13.2 Å². The minimum Gasteiger partial charge on any atom is -0.380 e. The summed E-state index contributed by atoms with van der Waals surface area (Å²) in [4.78, 5) is 13.0. The van der Waals surface area contributed by atoms with Crippen molar-refractivity contribution in [1.82, 2.24) is 4.90 Å². The molecule has 2 fully saturated rings. The summed E-state index contributed by atoms with van der Waals surface area (Å²) >= 11 is 0. The van der Waals surface area contributed by atoms with Crippen LogP contribution >= 0.6 is 0 Å². The number of likely N-dealkylation sites (tertiary alicyclic amines) is 1. The van der Waals surface area contributed by atoms with Crippen LogP contribution in [-0.2, 0) is 9.53 Å². The van der Waals surface area contributed by atoms with E-state index in [1.165, 1.54) is 6.08 Å². The van der Waals surface area contributed by atoms with E-state index in [1.54, 1.807) is 0 Å². The Hall–Kier alpha value is -0.870. The van der Waals surface area contributed by atoms with Gasteiger partial charge in [0.25, 0.3) is 0 Å². The highest BCUT2D eigenvalue weighted by molar-refractivity contribution is 5.85. The van der Waals surface area contributed by atoms with Gasteiger partial charge >= 0.3 is 0 Å². The molecule has 2 aliphatic heterocycles. The molecule has 0 aromatic rings. The zero-order valence-electron chi connectivity index (χ0n) is 9.32. The van der Waals surface area contributed by atoms with E-state index in [9.17, 15) is 4.79 Å². The summed E-state index contributed by atoms with van der Waals surface area (Å²) in [6, 6.07) is 0. The molecule has 0 radical (unpaired) electrons. The third-order valence-electron chi connectivity index (χ3n) is 3.34. The molecule has 0 aliphatic carbocycles. The Balaban J connectivity index is 1.90. The average Bonchev–Trinajstić information content (AvgIpc) is 1.95. The zero-order chi connectivity index (χ0) is 11.1. The van der Waals surface area contributed by atoms with Crippen LogP contribution in [0.4, 0.5) is 0 Å². The minimum absolute atomic E-state index is 0.0874. The van der Waals surface area contributed by atoms with Crippen molar-refractivity contribution in [1.29, 1.82) is 0 Å². The van der Waals surface area contributed by atoms with Crippen LogP contribution < -0.4 is 5.73 Å². The van der Waals surface area contributed by atoms with Crippen molar-refractivity contribution >= 4 is 5.91 Å². The molecule has 0 saturated carbocycles. The van der Waals surface area contributed by atoms with Gasteiger partial charge in [-0.3, -0.25) is 9.69 Å². The molecule has 1 amide bonds. The molecule has 84 valence electrons. The van der Waals surface area contributed by atoms with Crippen LogP contribution in [0, 0.1) is 5.41 Å².